The van der Waals surface area contributed by atoms with Crippen molar-refractivity contribution in [1.29, 1.82) is 0 Å². The molecule has 0 bridgehead atoms. The Labute approximate surface area is 192 Å². The zero-order chi connectivity index (χ0) is 24.0. The van der Waals surface area contributed by atoms with E-state index < -0.39 is 27.7 Å². The number of para-hydroxylation sites is 1. The Hall–Kier alpha value is -3.72. The maximum Gasteiger partial charge on any atom is 0.255 e. The molecule has 33 heavy (non-hydrogen) atoms. The third-order valence-electron chi connectivity index (χ3n) is 4.83. The second-order valence-electron chi connectivity index (χ2n) is 7.50. The first-order chi connectivity index (χ1) is 15.6. The van der Waals surface area contributed by atoms with Crippen LogP contribution in [0, 0.1) is 12.7 Å². The third kappa shape index (κ3) is 6.63. The van der Waals surface area contributed by atoms with E-state index >= 15 is 0 Å². The number of halogens is 1. The van der Waals surface area contributed by atoms with Crippen molar-refractivity contribution in [2.24, 2.45) is 0 Å². The lowest BCUT2D eigenvalue weighted by Crippen LogP contribution is -2.40. The number of hydrogen-bond donors (Lipinski definition) is 2. The molecular formula is C24H24FN3O4S. The molecule has 0 fully saturated rings. The lowest BCUT2D eigenvalue weighted by atomic mass is 10.1. The van der Waals surface area contributed by atoms with Gasteiger partial charge in [-0.25, -0.2) is 12.8 Å². The van der Waals surface area contributed by atoms with Crippen LogP contribution in [0.3, 0.4) is 0 Å². The van der Waals surface area contributed by atoms with Crippen molar-refractivity contribution in [2.75, 3.05) is 22.4 Å². The second kappa shape index (κ2) is 10.3. The van der Waals surface area contributed by atoms with Gasteiger partial charge in [-0.15, -0.1) is 0 Å². The number of hydrogen-bond acceptors (Lipinski definition) is 4. The summed E-state index contributed by atoms with van der Waals surface area (Å²) >= 11 is 0. The average molecular weight is 470 g/mol. The highest BCUT2D eigenvalue weighted by Gasteiger charge is 2.22. The first-order valence-corrected chi connectivity index (χ1v) is 11.9. The van der Waals surface area contributed by atoms with Gasteiger partial charge in [0.1, 0.15) is 12.4 Å². The first kappa shape index (κ1) is 23.9. The molecule has 2 amide bonds. The minimum Gasteiger partial charge on any atom is -0.350 e. The zero-order valence-electron chi connectivity index (χ0n) is 18.2. The Balaban J connectivity index is 1.64. The summed E-state index contributed by atoms with van der Waals surface area (Å²) in [7, 11) is -3.67. The van der Waals surface area contributed by atoms with Gasteiger partial charge in [-0.3, -0.25) is 13.9 Å². The number of benzene rings is 3. The molecule has 0 atom stereocenters. The number of nitrogens with one attached hydrogen (secondary N) is 2. The van der Waals surface area contributed by atoms with Crippen LogP contribution in [0.15, 0.2) is 72.8 Å². The van der Waals surface area contributed by atoms with Crippen LogP contribution in [-0.2, 0) is 21.4 Å². The summed E-state index contributed by atoms with van der Waals surface area (Å²) in [5, 5.41) is 5.39. The van der Waals surface area contributed by atoms with E-state index in [4.69, 9.17) is 0 Å². The number of sulfonamides is 1. The molecule has 0 unspecified atom stereocenters. The van der Waals surface area contributed by atoms with Crippen LogP contribution in [-0.4, -0.2) is 33.0 Å². The van der Waals surface area contributed by atoms with Crippen LogP contribution in [0.4, 0.5) is 15.8 Å². The molecular weight excluding hydrogens is 445 g/mol. The maximum absolute atomic E-state index is 13.3. The number of aryl methyl sites for hydroxylation is 1. The van der Waals surface area contributed by atoms with E-state index in [1.807, 2.05) is 0 Å². The minimum absolute atomic E-state index is 0.133. The first-order valence-electron chi connectivity index (χ1n) is 10.1. The summed E-state index contributed by atoms with van der Waals surface area (Å²) in [6.45, 7) is 1.54. The molecule has 3 aromatic carbocycles. The fourth-order valence-corrected chi connectivity index (χ4v) is 4.12. The molecule has 0 aromatic heterocycles. The number of anilines is 2. The summed E-state index contributed by atoms with van der Waals surface area (Å²) in [6.07, 6.45) is 1.05. The summed E-state index contributed by atoms with van der Waals surface area (Å²) < 4.78 is 38.9. The van der Waals surface area contributed by atoms with Crippen LogP contribution in [0.1, 0.15) is 21.5 Å². The number of rotatable bonds is 8. The van der Waals surface area contributed by atoms with Crippen molar-refractivity contribution >= 4 is 33.2 Å². The smallest absolute Gasteiger partial charge is 0.255 e. The maximum atomic E-state index is 13.3. The predicted octanol–water partition coefficient (Wildman–Crippen LogP) is 3.47. The van der Waals surface area contributed by atoms with Crippen molar-refractivity contribution in [3.05, 3.63) is 95.3 Å². The normalized spacial score (nSPS) is 11.0. The van der Waals surface area contributed by atoms with E-state index in [0.29, 0.717) is 16.9 Å². The number of nitrogens with zero attached hydrogens (tertiary/aromatic N) is 1. The van der Waals surface area contributed by atoms with Crippen molar-refractivity contribution in [1.82, 2.24) is 5.32 Å². The molecule has 3 rings (SSSR count). The van der Waals surface area contributed by atoms with Gasteiger partial charge in [0.05, 0.1) is 11.9 Å². The molecule has 7 nitrogen and oxygen atoms in total. The molecule has 0 heterocycles. The molecule has 172 valence electrons. The SMILES string of the molecule is Cc1ccccc1N(CC(=O)NCc1cccc(NC(=O)c2cccc(F)c2)c1)S(C)(=O)=O. The van der Waals surface area contributed by atoms with E-state index in [-0.39, 0.29) is 18.7 Å². The molecule has 2 N–H and O–H groups in total. The van der Waals surface area contributed by atoms with Crippen molar-refractivity contribution in [3.8, 4) is 0 Å². The van der Waals surface area contributed by atoms with Crippen molar-refractivity contribution in [2.45, 2.75) is 13.5 Å². The van der Waals surface area contributed by atoms with Crippen molar-refractivity contribution in [3.63, 3.8) is 0 Å². The van der Waals surface area contributed by atoms with Gasteiger partial charge in [-0.1, -0.05) is 36.4 Å². The summed E-state index contributed by atoms with van der Waals surface area (Å²) in [5.41, 5.74) is 2.54. The Morgan fingerprint density at radius 1 is 0.970 bits per heavy atom. The fraction of sp³-hybridized carbons (Fsp3) is 0.167. The van der Waals surface area contributed by atoms with Gasteiger partial charge in [0, 0.05) is 17.8 Å². The number of carbonyl (C=O) groups excluding carboxylic acids is 2. The number of amides is 2. The molecule has 3 aromatic rings. The average Bonchev–Trinajstić information content (AvgIpc) is 2.76. The molecule has 0 spiro atoms. The van der Waals surface area contributed by atoms with Crippen molar-refractivity contribution < 1.29 is 22.4 Å². The van der Waals surface area contributed by atoms with E-state index in [2.05, 4.69) is 10.6 Å². The highest BCUT2D eigenvalue weighted by Crippen LogP contribution is 2.21. The van der Waals surface area contributed by atoms with Gasteiger partial charge < -0.3 is 10.6 Å². The van der Waals surface area contributed by atoms with Gasteiger partial charge in [0.15, 0.2) is 0 Å². The topological polar surface area (TPSA) is 95.6 Å². The van der Waals surface area contributed by atoms with Crippen LogP contribution < -0.4 is 14.9 Å². The predicted molar refractivity (Wildman–Crippen MR) is 126 cm³/mol. The number of carbonyl (C=O) groups is 2. The molecule has 0 aliphatic carbocycles. The summed E-state index contributed by atoms with van der Waals surface area (Å²) in [5.74, 6) is -1.44. The molecule has 0 aliphatic rings. The fourth-order valence-electron chi connectivity index (χ4n) is 3.20. The van der Waals surface area contributed by atoms with E-state index in [1.165, 1.54) is 18.2 Å². The second-order valence-corrected chi connectivity index (χ2v) is 9.40. The molecule has 9 heteroatoms. The summed E-state index contributed by atoms with van der Waals surface area (Å²) in [6, 6.07) is 19.1. The summed E-state index contributed by atoms with van der Waals surface area (Å²) in [4.78, 5) is 24.8. The minimum atomic E-state index is -3.67. The Bertz CT molecular complexity index is 1280. The van der Waals surface area contributed by atoms with Gasteiger partial charge in [0.2, 0.25) is 15.9 Å². The lowest BCUT2D eigenvalue weighted by Gasteiger charge is -2.23. The highest BCUT2D eigenvalue weighted by molar-refractivity contribution is 7.92. The molecule has 0 aliphatic heterocycles. The Kier molecular flexibility index (Phi) is 7.44. The van der Waals surface area contributed by atoms with Gasteiger partial charge in [0.25, 0.3) is 5.91 Å². The Morgan fingerprint density at radius 3 is 2.39 bits per heavy atom. The van der Waals surface area contributed by atoms with Crippen LogP contribution in [0.5, 0.6) is 0 Å². The van der Waals surface area contributed by atoms with Crippen LogP contribution in [0.25, 0.3) is 0 Å². The van der Waals surface area contributed by atoms with E-state index in [1.54, 1.807) is 55.5 Å². The largest absolute Gasteiger partial charge is 0.350 e. The van der Waals surface area contributed by atoms with E-state index in [0.717, 1.165) is 22.2 Å². The lowest BCUT2D eigenvalue weighted by molar-refractivity contribution is -0.119. The standard InChI is InChI=1S/C24H24FN3O4S/c1-17-7-3-4-12-22(17)28(33(2,31)32)16-23(29)26-15-18-8-5-11-21(13-18)27-24(30)19-9-6-10-20(25)14-19/h3-14H,15-16H2,1-2H3,(H,26,29)(H,27,30). The quantitative estimate of drug-likeness (QED) is 0.528. The highest BCUT2D eigenvalue weighted by atomic mass is 32.2. The molecule has 0 radical (unpaired) electrons. The van der Waals surface area contributed by atoms with Gasteiger partial charge in [-0.05, 0) is 54.4 Å². The van der Waals surface area contributed by atoms with Gasteiger partial charge >= 0.3 is 0 Å². The van der Waals surface area contributed by atoms with Crippen LogP contribution >= 0.6 is 0 Å². The third-order valence-corrected chi connectivity index (χ3v) is 5.96. The molecule has 0 saturated heterocycles. The Morgan fingerprint density at radius 2 is 1.70 bits per heavy atom. The van der Waals surface area contributed by atoms with Gasteiger partial charge in [-0.2, -0.15) is 0 Å². The zero-order valence-corrected chi connectivity index (χ0v) is 19.0. The van der Waals surface area contributed by atoms with Crippen LogP contribution in [0.2, 0.25) is 0 Å². The molecule has 0 saturated carbocycles. The van der Waals surface area contributed by atoms with E-state index in [9.17, 15) is 22.4 Å². The monoisotopic (exact) mass is 469 g/mol.